The lowest BCUT2D eigenvalue weighted by atomic mass is 9.79. The molecule has 0 aliphatic carbocycles. The van der Waals surface area contributed by atoms with E-state index >= 15 is 0 Å². The van der Waals surface area contributed by atoms with Crippen molar-refractivity contribution in [2.24, 2.45) is 7.05 Å². The second kappa shape index (κ2) is 6.75. The second-order valence-corrected chi connectivity index (χ2v) is 7.73. The largest absolute Gasteiger partial charge is 0.550 e. The van der Waals surface area contributed by atoms with Crippen LogP contribution in [0.15, 0.2) is 55.0 Å². The van der Waals surface area contributed by atoms with Crippen LogP contribution >= 0.6 is 0 Å². The van der Waals surface area contributed by atoms with Crippen molar-refractivity contribution in [2.75, 3.05) is 6.54 Å². The number of hydrogen-bond donors (Lipinski definition) is 0. The van der Waals surface area contributed by atoms with E-state index in [4.69, 9.17) is 0 Å². The lowest BCUT2D eigenvalue weighted by Gasteiger charge is -2.17. The zero-order chi connectivity index (χ0) is 19.9. The zero-order valence-electron chi connectivity index (χ0n) is 16.3. The third-order valence-corrected chi connectivity index (χ3v) is 5.56. The van der Waals surface area contributed by atoms with Gasteiger partial charge in [-0.2, -0.15) is 4.58 Å². The van der Waals surface area contributed by atoms with E-state index in [9.17, 15) is 9.90 Å². The molecule has 0 atom stereocenters. The summed E-state index contributed by atoms with van der Waals surface area (Å²) >= 11 is 0. The van der Waals surface area contributed by atoms with Crippen molar-refractivity contribution in [1.29, 1.82) is 0 Å². The predicted molar refractivity (Wildman–Crippen MR) is 109 cm³/mol. The normalized spacial score (nSPS) is 15.5. The molecule has 1 aliphatic heterocycles. The third kappa shape index (κ3) is 2.93. The van der Waals surface area contributed by atoms with Crippen LogP contribution in [0.4, 0.5) is 5.69 Å². The van der Waals surface area contributed by atoms with Crippen molar-refractivity contribution in [1.82, 2.24) is 9.55 Å². The number of fused-ring (bicyclic) bond motifs is 3. The van der Waals surface area contributed by atoms with Crippen LogP contribution in [0.3, 0.4) is 0 Å². The summed E-state index contributed by atoms with van der Waals surface area (Å²) in [5.74, 6) is -1.04. The van der Waals surface area contributed by atoms with Gasteiger partial charge in [-0.3, -0.25) is 0 Å². The summed E-state index contributed by atoms with van der Waals surface area (Å²) in [4.78, 5) is 15.3. The fraction of sp³-hybridized carbons (Fsp3) is 0.261. The summed E-state index contributed by atoms with van der Waals surface area (Å²) in [5.41, 5.74) is 4.09. The Hall–Kier alpha value is -3.21. The van der Waals surface area contributed by atoms with Gasteiger partial charge in [-0.15, -0.1) is 0 Å². The Morgan fingerprint density at radius 1 is 1.21 bits per heavy atom. The summed E-state index contributed by atoms with van der Waals surface area (Å²) in [6.07, 6.45) is 7.67. The van der Waals surface area contributed by atoms with Crippen LogP contribution in [-0.4, -0.2) is 32.4 Å². The molecule has 0 N–H and O–H groups in total. The highest BCUT2D eigenvalue weighted by Gasteiger charge is 2.45. The van der Waals surface area contributed by atoms with E-state index < -0.39 is 5.97 Å². The van der Waals surface area contributed by atoms with Crippen LogP contribution in [0.2, 0.25) is 0 Å². The number of hydrogen-bond acceptors (Lipinski definition) is 3. The van der Waals surface area contributed by atoms with Gasteiger partial charge in [0.2, 0.25) is 5.69 Å². The van der Waals surface area contributed by atoms with Gasteiger partial charge in [0.25, 0.3) is 0 Å². The van der Waals surface area contributed by atoms with E-state index in [0.717, 1.165) is 17.1 Å². The molecule has 0 saturated carbocycles. The van der Waals surface area contributed by atoms with E-state index in [2.05, 4.69) is 53.7 Å². The minimum Gasteiger partial charge on any atom is -0.550 e. The molecule has 0 unspecified atom stereocenters. The Balaban J connectivity index is 1.89. The highest BCUT2D eigenvalue weighted by Crippen LogP contribution is 2.44. The van der Waals surface area contributed by atoms with Crippen molar-refractivity contribution >= 4 is 34.2 Å². The fourth-order valence-electron chi connectivity index (χ4n) is 4.17. The van der Waals surface area contributed by atoms with Crippen molar-refractivity contribution in [3.63, 3.8) is 0 Å². The third-order valence-electron chi connectivity index (χ3n) is 5.56. The molecule has 3 aromatic rings. The molecule has 4 rings (SSSR count). The van der Waals surface area contributed by atoms with Gasteiger partial charge in [0, 0.05) is 37.1 Å². The Kier molecular flexibility index (Phi) is 4.38. The molecule has 0 saturated heterocycles. The molecule has 2 heterocycles. The number of aromatic nitrogens is 2. The lowest BCUT2D eigenvalue weighted by Crippen LogP contribution is -2.30. The first kappa shape index (κ1) is 18.2. The number of aryl methyl sites for hydroxylation is 1. The van der Waals surface area contributed by atoms with Gasteiger partial charge in [-0.25, -0.2) is 4.98 Å². The van der Waals surface area contributed by atoms with Crippen molar-refractivity contribution < 1.29 is 14.5 Å². The molecule has 0 spiro atoms. The molecule has 1 aromatic heterocycles. The maximum absolute atomic E-state index is 11.2. The zero-order valence-corrected chi connectivity index (χ0v) is 16.3. The Labute approximate surface area is 164 Å². The number of nitrogens with zero attached hydrogens (tertiary/aromatic N) is 3. The maximum Gasteiger partial charge on any atom is 0.210 e. The highest BCUT2D eigenvalue weighted by atomic mass is 16.4. The minimum atomic E-state index is -1.04. The van der Waals surface area contributed by atoms with Gasteiger partial charge in [0.1, 0.15) is 0 Å². The van der Waals surface area contributed by atoms with Gasteiger partial charge in [-0.1, -0.05) is 24.3 Å². The summed E-state index contributed by atoms with van der Waals surface area (Å²) < 4.78 is 4.07. The number of benzene rings is 2. The molecule has 0 bridgehead atoms. The minimum absolute atomic E-state index is 0.0224. The average Bonchev–Trinajstić information content (AvgIpc) is 3.16. The van der Waals surface area contributed by atoms with Crippen molar-refractivity contribution in [2.45, 2.75) is 25.7 Å². The molecule has 0 amide bonds. The number of carboxylic acids is 1. The topological polar surface area (TPSA) is 61.0 Å². The van der Waals surface area contributed by atoms with Crippen LogP contribution in [0.5, 0.6) is 0 Å². The standard InChI is InChI=1S/C23H23N3O2/c1-23(2)20(11-9-17-14-24-15-25(17)3)26(13-12-21(27)28)19-10-8-16-6-4-5-7-18(16)22(19)23/h4-11,14-15H,12-13H2,1-3H3. The molecule has 1 aliphatic rings. The van der Waals surface area contributed by atoms with Gasteiger partial charge < -0.3 is 14.5 Å². The number of aliphatic carboxylic acids is 1. The summed E-state index contributed by atoms with van der Waals surface area (Å²) in [7, 11) is 1.95. The molecule has 5 heteroatoms. The van der Waals surface area contributed by atoms with E-state index in [1.54, 1.807) is 6.33 Å². The summed E-state index contributed by atoms with van der Waals surface area (Å²) in [5, 5.41) is 13.5. The Bertz CT molecular complexity index is 1140. The number of carboxylic acid groups (broad SMARTS) is 1. The lowest BCUT2D eigenvalue weighted by molar-refractivity contribution is -0.439. The SMILES string of the molecule is Cn1cncc1/C=C/C1=[N+](CCC(=O)[O-])c2ccc3ccccc3c2C1(C)C. The Morgan fingerprint density at radius 3 is 2.71 bits per heavy atom. The van der Waals surface area contributed by atoms with Crippen LogP contribution in [-0.2, 0) is 17.3 Å². The van der Waals surface area contributed by atoms with E-state index in [-0.39, 0.29) is 11.8 Å². The monoisotopic (exact) mass is 373 g/mol. The number of carbonyl (C=O) groups excluding carboxylic acids is 1. The van der Waals surface area contributed by atoms with E-state index in [1.165, 1.54) is 16.3 Å². The first-order valence-corrected chi connectivity index (χ1v) is 9.41. The number of rotatable bonds is 5. The second-order valence-electron chi connectivity index (χ2n) is 7.73. The van der Waals surface area contributed by atoms with Crippen LogP contribution in [0, 0.1) is 0 Å². The molecular weight excluding hydrogens is 350 g/mol. The van der Waals surface area contributed by atoms with Crippen LogP contribution in [0.25, 0.3) is 16.8 Å². The first-order valence-electron chi connectivity index (χ1n) is 9.41. The molecule has 0 fully saturated rings. The quantitative estimate of drug-likeness (QED) is 0.646. The molecule has 142 valence electrons. The number of carbonyl (C=O) groups is 1. The van der Waals surface area contributed by atoms with Gasteiger partial charge in [0.15, 0.2) is 12.3 Å². The fourth-order valence-corrected chi connectivity index (χ4v) is 4.17. The smallest absolute Gasteiger partial charge is 0.210 e. The van der Waals surface area contributed by atoms with Crippen LogP contribution in [0.1, 0.15) is 31.5 Å². The molecule has 2 aromatic carbocycles. The van der Waals surface area contributed by atoms with Gasteiger partial charge in [-0.05, 0) is 36.8 Å². The van der Waals surface area contributed by atoms with Gasteiger partial charge in [0.05, 0.1) is 23.6 Å². The average molecular weight is 373 g/mol. The van der Waals surface area contributed by atoms with E-state index in [0.29, 0.717) is 6.54 Å². The van der Waals surface area contributed by atoms with Crippen molar-refractivity contribution in [3.8, 4) is 0 Å². The van der Waals surface area contributed by atoms with Crippen molar-refractivity contribution in [3.05, 3.63) is 66.3 Å². The van der Waals surface area contributed by atoms with Gasteiger partial charge >= 0.3 is 0 Å². The number of imidazole rings is 1. The molecular formula is C23H23N3O2. The maximum atomic E-state index is 11.2. The molecule has 28 heavy (non-hydrogen) atoms. The first-order chi connectivity index (χ1) is 13.4. The highest BCUT2D eigenvalue weighted by molar-refractivity contribution is 6.09. The summed E-state index contributed by atoms with van der Waals surface area (Å²) in [6, 6.07) is 12.5. The molecule has 0 radical (unpaired) electrons. The molecule has 5 nitrogen and oxygen atoms in total. The summed E-state index contributed by atoms with van der Waals surface area (Å²) in [6.45, 7) is 4.77. The number of allylic oxidation sites excluding steroid dienone is 1. The van der Waals surface area contributed by atoms with Crippen LogP contribution < -0.4 is 5.11 Å². The predicted octanol–water partition coefficient (Wildman–Crippen LogP) is 2.80. The van der Waals surface area contributed by atoms with E-state index in [1.807, 2.05) is 36.0 Å². The Morgan fingerprint density at radius 2 is 2.00 bits per heavy atom.